The number of carbonyl (C=O) groups is 1. The predicted molar refractivity (Wildman–Crippen MR) is 79.9 cm³/mol. The smallest absolute Gasteiger partial charge is 0.307 e. The Labute approximate surface area is 120 Å². The summed E-state index contributed by atoms with van der Waals surface area (Å²) in [7, 11) is 0. The van der Waals surface area contributed by atoms with E-state index >= 15 is 0 Å². The van der Waals surface area contributed by atoms with Crippen molar-refractivity contribution in [3.05, 3.63) is 44.6 Å². The Morgan fingerprint density at radius 1 is 1.42 bits per heavy atom. The second-order valence-electron chi connectivity index (χ2n) is 4.37. The molecule has 0 fully saturated rings. The number of nitrogens with one attached hydrogen (secondary N) is 1. The molecule has 0 unspecified atom stereocenters. The van der Waals surface area contributed by atoms with Gasteiger partial charge in [-0.3, -0.25) is 4.79 Å². The molecule has 0 amide bonds. The molecular weight excluding hydrogens is 282 g/mol. The van der Waals surface area contributed by atoms with Gasteiger partial charge in [0.25, 0.3) is 0 Å². The van der Waals surface area contributed by atoms with Crippen LogP contribution in [0.1, 0.15) is 16.0 Å². The highest BCUT2D eigenvalue weighted by atomic mass is 35.5. The molecule has 0 spiro atoms. The maximum absolute atomic E-state index is 10.9. The lowest BCUT2D eigenvalue weighted by Gasteiger charge is -2.11. The molecule has 1 aromatic carbocycles. The molecule has 2 rings (SSSR count). The monoisotopic (exact) mass is 295 g/mol. The number of hydrogen-bond acceptors (Lipinski definition) is 3. The summed E-state index contributed by atoms with van der Waals surface area (Å²) in [4.78, 5) is 11.9. The zero-order valence-electron chi connectivity index (χ0n) is 10.7. The third-order valence-electron chi connectivity index (χ3n) is 2.77. The van der Waals surface area contributed by atoms with Crippen LogP contribution in [-0.2, 0) is 11.2 Å². The summed E-state index contributed by atoms with van der Waals surface area (Å²) in [5, 5.41) is 14.7. The number of carboxylic acid groups (broad SMARTS) is 1. The summed E-state index contributed by atoms with van der Waals surface area (Å²) < 4.78 is 0. The van der Waals surface area contributed by atoms with Crippen LogP contribution in [0.5, 0.6) is 0 Å². The average Bonchev–Trinajstić information content (AvgIpc) is 2.65. The van der Waals surface area contributed by atoms with E-state index in [2.05, 4.69) is 5.32 Å². The minimum atomic E-state index is -0.837. The lowest BCUT2D eigenvalue weighted by atomic mass is 10.1. The largest absolute Gasteiger partial charge is 0.481 e. The molecule has 1 heterocycles. The van der Waals surface area contributed by atoms with Gasteiger partial charge >= 0.3 is 5.97 Å². The Morgan fingerprint density at radius 2 is 2.16 bits per heavy atom. The number of anilines is 2. The Bertz CT molecular complexity index is 622. The standard InChI is InChI=1S/C14H14ClNO2S/c1-8-3-4-11(15)12(5-8)16-14-9(2)19-7-10(14)6-13(17)18/h3-5,7,16H,6H2,1-2H3,(H,17,18). The van der Waals surface area contributed by atoms with Crippen molar-refractivity contribution in [3.63, 3.8) is 0 Å². The van der Waals surface area contributed by atoms with Crippen molar-refractivity contribution in [2.24, 2.45) is 0 Å². The molecule has 2 aromatic rings. The first-order chi connectivity index (χ1) is 8.97. The lowest BCUT2D eigenvalue weighted by Crippen LogP contribution is -2.02. The van der Waals surface area contributed by atoms with E-state index in [1.54, 1.807) is 0 Å². The molecule has 100 valence electrons. The van der Waals surface area contributed by atoms with Gasteiger partial charge in [0, 0.05) is 4.88 Å². The Morgan fingerprint density at radius 3 is 2.84 bits per heavy atom. The van der Waals surface area contributed by atoms with E-state index in [1.807, 2.05) is 37.4 Å². The first-order valence-electron chi connectivity index (χ1n) is 5.79. The van der Waals surface area contributed by atoms with Crippen LogP contribution >= 0.6 is 22.9 Å². The van der Waals surface area contributed by atoms with Gasteiger partial charge in [-0.2, -0.15) is 0 Å². The third kappa shape index (κ3) is 3.28. The maximum atomic E-state index is 10.9. The van der Waals surface area contributed by atoms with E-state index in [1.165, 1.54) is 11.3 Å². The van der Waals surface area contributed by atoms with E-state index < -0.39 is 5.97 Å². The number of aryl methyl sites for hydroxylation is 2. The fraction of sp³-hybridized carbons (Fsp3) is 0.214. The topological polar surface area (TPSA) is 49.3 Å². The molecule has 0 aliphatic carbocycles. The van der Waals surface area contributed by atoms with Gasteiger partial charge in [0.1, 0.15) is 0 Å². The van der Waals surface area contributed by atoms with Crippen LogP contribution in [0.25, 0.3) is 0 Å². The predicted octanol–water partition coefficient (Wildman–Crippen LogP) is 4.39. The highest BCUT2D eigenvalue weighted by molar-refractivity contribution is 7.10. The minimum absolute atomic E-state index is 0.0100. The van der Waals surface area contributed by atoms with Crippen molar-refractivity contribution >= 4 is 40.3 Å². The summed E-state index contributed by atoms with van der Waals surface area (Å²) in [5.74, 6) is -0.837. The molecule has 0 bridgehead atoms. The number of aliphatic carboxylic acids is 1. The van der Waals surface area contributed by atoms with E-state index in [4.69, 9.17) is 16.7 Å². The molecule has 0 saturated carbocycles. The second kappa shape index (κ2) is 5.63. The number of thiophene rings is 1. The quantitative estimate of drug-likeness (QED) is 0.879. The van der Waals surface area contributed by atoms with Gasteiger partial charge in [-0.15, -0.1) is 11.3 Å². The molecule has 0 radical (unpaired) electrons. The fourth-order valence-electron chi connectivity index (χ4n) is 1.83. The molecule has 1 aromatic heterocycles. The van der Waals surface area contributed by atoms with Gasteiger partial charge < -0.3 is 10.4 Å². The Kier molecular flexibility index (Phi) is 4.12. The zero-order valence-corrected chi connectivity index (χ0v) is 12.2. The van der Waals surface area contributed by atoms with Crippen molar-refractivity contribution in [2.75, 3.05) is 5.32 Å². The summed E-state index contributed by atoms with van der Waals surface area (Å²) in [6.07, 6.45) is 0.0100. The van der Waals surface area contributed by atoms with E-state index in [9.17, 15) is 4.79 Å². The van der Waals surface area contributed by atoms with Gasteiger partial charge in [0.2, 0.25) is 0 Å². The van der Waals surface area contributed by atoms with E-state index in [0.29, 0.717) is 5.02 Å². The minimum Gasteiger partial charge on any atom is -0.481 e. The number of benzene rings is 1. The molecule has 0 atom stereocenters. The van der Waals surface area contributed by atoms with Crippen molar-refractivity contribution in [1.82, 2.24) is 0 Å². The van der Waals surface area contributed by atoms with Crippen molar-refractivity contribution in [1.29, 1.82) is 0 Å². The number of carboxylic acids is 1. The highest BCUT2D eigenvalue weighted by Gasteiger charge is 2.13. The molecule has 19 heavy (non-hydrogen) atoms. The van der Waals surface area contributed by atoms with Crippen molar-refractivity contribution in [3.8, 4) is 0 Å². The van der Waals surface area contributed by atoms with Crippen LogP contribution in [0.15, 0.2) is 23.6 Å². The normalized spacial score (nSPS) is 10.5. The van der Waals surface area contributed by atoms with Gasteiger partial charge in [-0.25, -0.2) is 0 Å². The fourth-order valence-corrected chi connectivity index (χ4v) is 2.82. The van der Waals surface area contributed by atoms with Crippen LogP contribution in [0.2, 0.25) is 5.02 Å². The Balaban J connectivity index is 2.34. The van der Waals surface area contributed by atoms with Crippen molar-refractivity contribution < 1.29 is 9.90 Å². The zero-order chi connectivity index (χ0) is 14.0. The van der Waals surface area contributed by atoms with Crippen LogP contribution in [-0.4, -0.2) is 11.1 Å². The first kappa shape index (κ1) is 13.9. The van der Waals surface area contributed by atoms with Crippen LogP contribution in [0, 0.1) is 13.8 Å². The number of hydrogen-bond donors (Lipinski definition) is 2. The van der Waals surface area contributed by atoms with Crippen LogP contribution in [0.3, 0.4) is 0 Å². The van der Waals surface area contributed by atoms with Gasteiger partial charge in [-0.1, -0.05) is 17.7 Å². The third-order valence-corrected chi connectivity index (χ3v) is 4.06. The average molecular weight is 296 g/mol. The highest BCUT2D eigenvalue weighted by Crippen LogP contribution is 2.33. The summed E-state index contributed by atoms with van der Waals surface area (Å²) >= 11 is 7.68. The summed E-state index contributed by atoms with van der Waals surface area (Å²) in [6.45, 7) is 3.95. The first-order valence-corrected chi connectivity index (χ1v) is 7.05. The van der Waals surface area contributed by atoms with E-state index in [-0.39, 0.29) is 6.42 Å². The summed E-state index contributed by atoms with van der Waals surface area (Å²) in [6, 6.07) is 5.72. The second-order valence-corrected chi connectivity index (χ2v) is 5.86. The van der Waals surface area contributed by atoms with Crippen LogP contribution < -0.4 is 5.32 Å². The van der Waals surface area contributed by atoms with Crippen LogP contribution in [0.4, 0.5) is 11.4 Å². The Hall–Kier alpha value is -1.52. The van der Waals surface area contributed by atoms with Gasteiger partial charge in [0.15, 0.2) is 0 Å². The molecular formula is C14H14ClNO2S. The van der Waals surface area contributed by atoms with Crippen molar-refractivity contribution in [2.45, 2.75) is 20.3 Å². The molecule has 0 aliphatic rings. The molecule has 2 N–H and O–H groups in total. The maximum Gasteiger partial charge on any atom is 0.307 e. The number of rotatable bonds is 4. The van der Waals surface area contributed by atoms with Gasteiger partial charge in [0.05, 0.1) is 22.8 Å². The van der Waals surface area contributed by atoms with Gasteiger partial charge in [-0.05, 0) is 42.5 Å². The molecule has 0 aliphatic heterocycles. The number of halogens is 1. The molecule has 3 nitrogen and oxygen atoms in total. The molecule has 0 saturated heterocycles. The SMILES string of the molecule is Cc1ccc(Cl)c(Nc2c(CC(=O)O)csc2C)c1. The van der Waals surface area contributed by atoms with E-state index in [0.717, 1.165) is 27.4 Å². The summed E-state index contributed by atoms with van der Waals surface area (Å²) in [5.41, 5.74) is 3.53. The molecule has 5 heteroatoms. The lowest BCUT2D eigenvalue weighted by molar-refractivity contribution is -0.136.